The number of piperidine rings is 2. The fraction of sp³-hybridized carbons (Fsp3) is 0.545. The van der Waals surface area contributed by atoms with Gasteiger partial charge in [-0.2, -0.15) is 13.2 Å². The Kier molecular flexibility index (Phi) is 8.40. The average molecular weight is 455 g/mol. The molecule has 0 saturated carbocycles. The summed E-state index contributed by atoms with van der Waals surface area (Å²) in [6, 6.07) is 3.94. The number of pyridine rings is 1. The Morgan fingerprint density at radius 1 is 1.12 bits per heavy atom. The van der Waals surface area contributed by atoms with Crippen molar-refractivity contribution in [3.05, 3.63) is 41.7 Å². The van der Waals surface area contributed by atoms with E-state index in [2.05, 4.69) is 4.98 Å². The molecule has 2 fully saturated rings. The van der Waals surface area contributed by atoms with Crippen LogP contribution in [0.15, 0.2) is 36.2 Å². The molecule has 0 aliphatic carbocycles. The van der Waals surface area contributed by atoms with Crippen molar-refractivity contribution in [2.24, 2.45) is 5.41 Å². The monoisotopic (exact) mass is 455 g/mol. The summed E-state index contributed by atoms with van der Waals surface area (Å²) in [5.74, 6) is -2.41. The first-order valence-electron chi connectivity index (χ1n) is 10.4. The third-order valence-electron chi connectivity index (χ3n) is 5.63. The summed E-state index contributed by atoms with van der Waals surface area (Å²) in [4.78, 5) is 42.2. The first-order valence-corrected chi connectivity index (χ1v) is 10.4. The lowest BCUT2D eigenvalue weighted by Crippen LogP contribution is -2.53. The minimum Gasteiger partial charge on any atom is -0.475 e. The number of carbonyl (C=O) groups is 3. The maximum Gasteiger partial charge on any atom is 0.490 e. The number of allylic oxidation sites excluding steroid dienone is 1. The molecule has 3 heterocycles. The largest absolute Gasteiger partial charge is 0.490 e. The predicted molar refractivity (Wildman–Crippen MR) is 110 cm³/mol. The van der Waals surface area contributed by atoms with Gasteiger partial charge in [0.25, 0.3) is 0 Å². The number of hydrogen-bond donors (Lipinski definition) is 1. The van der Waals surface area contributed by atoms with Crippen molar-refractivity contribution in [3.8, 4) is 0 Å². The molecule has 0 radical (unpaired) electrons. The number of aromatic nitrogens is 1. The Morgan fingerprint density at radius 3 is 2.19 bits per heavy atom. The zero-order valence-corrected chi connectivity index (χ0v) is 18.2. The van der Waals surface area contributed by atoms with E-state index in [1.54, 1.807) is 18.5 Å². The fourth-order valence-corrected chi connectivity index (χ4v) is 3.97. The molecule has 1 spiro atoms. The molecular weight excluding hydrogens is 427 g/mol. The Hall–Kier alpha value is -2.91. The maximum atomic E-state index is 13.2. The minimum atomic E-state index is -5.08. The summed E-state index contributed by atoms with van der Waals surface area (Å²) in [6.07, 6.45) is 3.69. The van der Waals surface area contributed by atoms with Gasteiger partial charge in [0.05, 0.1) is 5.41 Å². The second-order valence-corrected chi connectivity index (χ2v) is 8.32. The standard InChI is InChI=1S/C20H27N3O2.C2HF3O2/c1-16(2)14-18(24)22-12-7-20(8-13-22)6-3-11-23(19(20)25)15-17-4-9-21-10-5-17;3-2(4,5)1(6)7/h4-5,9-10,14H,3,6-8,11-13,15H2,1-2H3;(H,6,7). The molecule has 3 rings (SSSR count). The van der Waals surface area contributed by atoms with E-state index in [9.17, 15) is 22.8 Å². The van der Waals surface area contributed by atoms with Crippen molar-refractivity contribution in [3.63, 3.8) is 0 Å². The molecule has 7 nitrogen and oxygen atoms in total. The van der Waals surface area contributed by atoms with E-state index in [4.69, 9.17) is 9.90 Å². The SMILES string of the molecule is CC(C)=CC(=O)N1CCC2(CCCN(Cc3ccncc3)C2=O)CC1.O=C(O)C(F)(F)F. The van der Waals surface area contributed by atoms with Crippen molar-refractivity contribution >= 4 is 17.8 Å². The zero-order valence-electron chi connectivity index (χ0n) is 18.2. The van der Waals surface area contributed by atoms with Gasteiger partial charge in [0.2, 0.25) is 11.8 Å². The van der Waals surface area contributed by atoms with Crippen molar-refractivity contribution in [2.45, 2.75) is 52.3 Å². The fourth-order valence-electron chi connectivity index (χ4n) is 3.97. The van der Waals surface area contributed by atoms with Gasteiger partial charge in [-0.3, -0.25) is 14.6 Å². The number of carboxylic acids is 1. The summed E-state index contributed by atoms with van der Waals surface area (Å²) in [6.45, 7) is 6.71. The maximum absolute atomic E-state index is 13.2. The predicted octanol–water partition coefficient (Wildman–Crippen LogP) is 3.41. The first-order chi connectivity index (χ1) is 14.9. The van der Waals surface area contributed by atoms with Crippen LogP contribution in [-0.4, -0.2) is 63.5 Å². The Balaban J connectivity index is 0.000000451. The van der Waals surface area contributed by atoms with E-state index in [0.717, 1.165) is 43.4 Å². The van der Waals surface area contributed by atoms with Gasteiger partial charge in [0.15, 0.2) is 0 Å². The van der Waals surface area contributed by atoms with Gasteiger partial charge in [-0.1, -0.05) is 5.57 Å². The van der Waals surface area contributed by atoms with E-state index in [1.165, 1.54) is 0 Å². The van der Waals surface area contributed by atoms with Gasteiger partial charge in [-0.25, -0.2) is 4.79 Å². The summed E-state index contributed by atoms with van der Waals surface area (Å²) in [5, 5.41) is 7.12. The first kappa shape index (κ1) is 25.4. The topological polar surface area (TPSA) is 90.8 Å². The van der Waals surface area contributed by atoms with Crippen LogP contribution in [0.25, 0.3) is 0 Å². The van der Waals surface area contributed by atoms with Crippen LogP contribution in [0.5, 0.6) is 0 Å². The van der Waals surface area contributed by atoms with Crippen molar-refractivity contribution in [1.29, 1.82) is 0 Å². The number of carboxylic acid groups (broad SMARTS) is 1. The number of aliphatic carboxylic acids is 1. The molecule has 1 aromatic rings. The highest BCUT2D eigenvalue weighted by atomic mass is 19.4. The van der Waals surface area contributed by atoms with Crippen molar-refractivity contribution in [1.82, 2.24) is 14.8 Å². The average Bonchev–Trinajstić information content (AvgIpc) is 2.72. The van der Waals surface area contributed by atoms with Crippen LogP contribution in [0.1, 0.15) is 45.1 Å². The number of halogens is 3. The number of nitrogens with zero attached hydrogens (tertiary/aromatic N) is 3. The molecule has 0 atom stereocenters. The van der Waals surface area contributed by atoms with Gasteiger partial charge in [0, 0.05) is 44.6 Å². The normalized spacial score (nSPS) is 18.0. The molecule has 2 saturated heterocycles. The van der Waals surface area contributed by atoms with E-state index in [1.807, 2.05) is 35.8 Å². The molecule has 0 bridgehead atoms. The van der Waals surface area contributed by atoms with Crippen LogP contribution in [0.4, 0.5) is 13.2 Å². The molecule has 2 aliphatic heterocycles. The van der Waals surface area contributed by atoms with E-state index < -0.39 is 12.1 Å². The Labute approximate surface area is 184 Å². The van der Waals surface area contributed by atoms with Gasteiger partial charge >= 0.3 is 12.1 Å². The molecule has 1 aromatic heterocycles. The number of amides is 2. The quantitative estimate of drug-likeness (QED) is 0.706. The van der Waals surface area contributed by atoms with E-state index >= 15 is 0 Å². The lowest BCUT2D eigenvalue weighted by atomic mass is 9.71. The molecular formula is C22H28F3N3O4. The molecule has 0 unspecified atom stereocenters. The number of rotatable bonds is 3. The van der Waals surface area contributed by atoms with Gasteiger partial charge < -0.3 is 14.9 Å². The lowest BCUT2D eigenvalue weighted by molar-refractivity contribution is -0.192. The highest BCUT2D eigenvalue weighted by Gasteiger charge is 2.46. The van der Waals surface area contributed by atoms with Gasteiger partial charge in [0.1, 0.15) is 0 Å². The molecule has 176 valence electrons. The zero-order chi connectivity index (χ0) is 23.9. The summed E-state index contributed by atoms with van der Waals surface area (Å²) >= 11 is 0. The minimum absolute atomic E-state index is 0.0757. The van der Waals surface area contributed by atoms with Crippen LogP contribution in [0.3, 0.4) is 0 Å². The van der Waals surface area contributed by atoms with E-state index in [-0.39, 0.29) is 17.2 Å². The number of likely N-dealkylation sites (tertiary alicyclic amines) is 2. The number of alkyl halides is 3. The smallest absolute Gasteiger partial charge is 0.475 e. The molecule has 0 aromatic carbocycles. The molecule has 32 heavy (non-hydrogen) atoms. The number of hydrogen-bond acceptors (Lipinski definition) is 4. The second-order valence-electron chi connectivity index (χ2n) is 8.32. The Morgan fingerprint density at radius 2 is 1.69 bits per heavy atom. The highest BCUT2D eigenvalue weighted by molar-refractivity contribution is 5.89. The second kappa shape index (κ2) is 10.6. The third kappa shape index (κ3) is 6.80. The van der Waals surface area contributed by atoms with Crippen LogP contribution in [0.2, 0.25) is 0 Å². The van der Waals surface area contributed by atoms with Crippen LogP contribution >= 0.6 is 0 Å². The van der Waals surface area contributed by atoms with Gasteiger partial charge in [-0.15, -0.1) is 0 Å². The molecule has 2 aliphatic rings. The van der Waals surface area contributed by atoms with E-state index in [0.29, 0.717) is 19.6 Å². The summed E-state index contributed by atoms with van der Waals surface area (Å²) < 4.78 is 31.7. The molecule has 10 heteroatoms. The van der Waals surface area contributed by atoms with Gasteiger partial charge in [-0.05, 0) is 57.2 Å². The van der Waals surface area contributed by atoms with Crippen molar-refractivity contribution in [2.75, 3.05) is 19.6 Å². The molecule has 2 amide bonds. The number of carbonyl (C=O) groups excluding carboxylic acids is 2. The van der Waals surface area contributed by atoms with Crippen LogP contribution < -0.4 is 0 Å². The Bertz CT molecular complexity index is 844. The lowest BCUT2D eigenvalue weighted by Gasteiger charge is -2.46. The van der Waals surface area contributed by atoms with Crippen LogP contribution in [0, 0.1) is 5.41 Å². The third-order valence-corrected chi connectivity index (χ3v) is 5.63. The summed E-state index contributed by atoms with van der Waals surface area (Å²) in [7, 11) is 0. The summed E-state index contributed by atoms with van der Waals surface area (Å²) in [5.41, 5.74) is 1.87. The molecule has 1 N–H and O–H groups in total. The highest BCUT2D eigenvalue weighted by Crippen LogP contribution is 2.41. The van der Waals surface area contributed by atoms with Crippen molar-refractivity contribution < 1.29 is 32.7 Å². The van der Waals surface area contributed by atoms with Crippen LogP contribution in [-0.2, 0) is 20.9 Å².